The topological polar surface area (TPSA) is 40.5 Å². The predicted molar refractivity (Wildman–Crippen MR) is 91.2 cm³/mol. The van der Waals surface area contributed by atoms with Gasteiger partial charge in [-0.1, -0.05) is 54.1 Å². The molecule has 0 spiro atoms. The molecule has 1 aliphatic rings. The Morgan fingerprint density at radius 2 is 1.87 bits per heavy atom. The Kier molecular flexibility index (Phi) is 4.42. The van der Waals surface area contributed by atoms with Crippen molar-refractivity contribution in [2.75, 3.05) is 13.7 Å². The number of rotatable bonds is 5. The average molecular weight is 330 g/mol. The van der Waals surface area contributed by atoms with Gasteiger partial charge in [-0.05, 0) is 29.7 Å². The van der Waals surface area contributed by atoms with Gasteiger partial charge in [0.1, 0.15) is 0 Å². The van der Waals surface area contributed by atoms with E-state index in [0.717, 1.165) is 11.1 Å². The van der Waals surface area contributed by atoms with E-state index in [1.807, 2.05) is 49.5 Å². The summed E-state index contributed by atoms with van der Waals surface area (Å²) in [5.41, 5.74) is 1.42. The Labute approximate surface area is 141 Å². The number of amides is 1. The van der Waals surface area contributed by atoms with Gasteiger partial charge in [-0.15, -0.1) is 0 Å². The van der Waals surface area contributed by atoms with E-state index in [9.17, 15) is 9.90 Å². The van der Waals surface area contributed by atoms with Crippen molar-refractivity contribution in [3.8, 4) is 0 Å². The second-order valence-corrected chi connectivity index (χ2v) is 6.65. The van der Waals surface area contributed by atoms with Crippen LogP contribution in [0.2, 0.25) is 5.02 Å². The van der Waals surface area contributed by atoms with E-state index in [-0.39, 0.29) is 18.4 Å². The van der Waals surface area contributed by atoms with Crippen molar-refractivity contribution in [1.82, 2.24) is 4.90 Å². The first-order chi connectivity index (χ1) is 11.1. The Balaban J connectivity index is 1.84. The van der Waals surface area contributed by atoms with Crippen LogP contribution in [-0.2, 0) is 16.8 Å². The molecule has 0 unspecified atom stereocenters. The molecule has 2 aromatic rings. The lowest BCUT2D eigenvalue weighted by molar-refractivity contribution is -0.133. The van der Waals surface area contributed by atoms with Crippen LogP contribution in [0.25, 0.3) is 0 Å². The maximum absolute atomic E-state index is 13.1. The molecule has 3 nitrogen and oxygen atoms in total. The molecule has 3 rings (SSSR count). The fourth-order valence-electron chi connectivity index (χ4n) is 3.31. The summed E-state index contributed by atoms with van der Waals surface area (Å²) in [6.45, 7) is 0.584. The third-order valence-corrected chi connectivity index (χ3v) is 4.93. The van der Waals surface area contributed by atoms with Gasteiger partial charge in [0.25, 0.3) is 0 Å². The first kappa shape index (κ1) is 16.0. The standard InChI is InChI=1S/C19H20ClNO2/c1-21(12-14-5-3-2-4-6-14)18(23)19(11-16(19)13-22)15-7-9-17(20)10-8-15/h2-10,16,22H,11-13H2,1H3/t16-,19+/m0/s1. The van der Waals surface area contributed by atoms with Crippen molar-refractivity contribution in [1.29, 1.82) is 0 Å². The molecule has 120 valence electrons. The summed E-state index contributed by atoms with van der Waals surface area (Å²) in [5.74, 6) is 0.0390. The van der Waals surface area contributed by atoms with E-state index in [0.29, 0.717) is 18.0 Å². The number of likely N-dealkylation sites (N-methyl/N-ethyl adjacent to an activating group) is 1. The van der Waals surface area contributed by atoms with Crippen LogP contribution in [0, 0.1) is 5.92 Å². The smallest absolute Gasteiger partial charge is 0.233 e. The molecule has 1 amide bonds. The number of benzene rings is 2. The van der Waals surface area contributed by atoms with E-state index in [1.54, 1.807) is 17.0 Å². The van der Waals surface area contributed by atoms with Gasteiger partial charge < -0.3 is 10.0 Å². The van der Waals surface area contributed by atoms with Gasteiger partial charge in [-0.25, -0.2) is 0 Å². The Bertz CT molecular complexity index is 686. The van der Waals surface area contributed by atoms with Crippen molar-refractivity contribution >= 4 is 17.5 Å². The van der Waals surface area contributed by atoms with Crippen molar-refractivity contribution in [3.63, 3.8) is 0 Å². The maximum atomic E-state index is 13.1. The molecule has 0 aromatic heterocycles. The zero-order chi connectivity index (χ0) is 16.4. The molecule has 0 bridgehead atoms. The molecule has 2 atom stereocenters. The number of carbonyl (C=O) groups excluding carboxylic acids is 1. The zero-order valence-corrected chi connectivity index (χ0v) is 13.8. The minimum atomic E-state index is -0.608. The third kappa shape index (κ3) is 2.99. The number of hydrogen-bond acceptors (Lipinski definition) is 2. The normalized spacial score (nSPS) is 22.7. The summed E-state index contributed by atoms with van der Waals surface area (Å²) in [5, 5.41) is 10.2. The molecular formula is C19H20ClNO2. The number of nitrogens with zero attached hydrogens (tertiary/aromatic N) is 1. The number of aliphatic hydroxyl groups excluding tert-OH is 1. The molecule has 4 heteroatoms. The first-order valence-electron chi connectivity index (χ1n) is 7.74. The van der Waals surface area contributed by atoms with Crippen LogP contribution < -0.4 is 0 Å². The Hall–Kier alpha value is -1.84. The highest BCUT2D eigenvalue weighted by Crippen LogP contribution is 2.55. The third-order valence-electron chi connectivity index (χ3n) is 4.68. The highest BCUT2D eigenvalue weighted by Gasteiger charge is 2.61. The zero-order valence-electron chi connectivity index (χ0n) is 13.1. The minimum Gasteiger partial charge on any atom is -0.396 e. The molecule has 1 fully saturated rings. The lowest BCUT2D eigenvalue weighted by Crippen LogP contribution is -2.37. The summed E-state index contributed by atoms with van der Waals surface area (Å²) in [6.07, 6.45) is 0.684. The second-order valence-electron chi connectivity index (χ2n) is 6.21. The molecule has 0 saturated heterocycles. The monoisotopic (exact) mass is 329 g/mol. The van der Waals surface area contributed by atoms with Gasteiger partial charge in [0.15, 0.2) is 0 Å². The SMILES string of the molecule is CN(Cc1ccccc1)C(=O)[C@@]1(c2ccc(Cl)cc2)C[C@H]1CO. The molecule has 1 aliphatic carbocycles. The molecular weight excluding hydrogens is 310 g/mol. The highest BCUT2D eigenvalue weighted by molar-refractivity contribution is 6.30. The number of carbonyl (C=O) groups is 1. The molecule has 1 saturated carbocycles. The van der Waals surface area contributed by atoms with Crippen LogP contribution in [0.4, 0.5) is 0 Å². The average Bonchev–Trinajstić information content (AvgIpc) is 3.31. The molecule has 23 heavy (non-hydrogen) atoms. The van der Waals surface area contributed by atoms with Crippen molar-refractivity contribution < 1.29 is 9.90 Å². The summed E-state index contributed by atoms with van der Waals surface area (Å²) >= 11 is 5.96. The molecule has 0 radical (unpaired) electrons. The first-order valence-corrected chi connectivity index (χ1v) is 8.12. The Morgan fingerprint density at radius 3 is 2.43 bits per heavy atom. The summed E-state index contributed by atoms with van der Waals surface area (Å²) in [6, 6.07) is 17.3. The lowest BCUT2D eigenvalue weighted by atomic mass is 9.91. The van der Waals surface area contributed by atoms with Crippen LogP contribution in [0.15, 0.2) is 54.6 Å². The van der Waals surface area contributed by atoms with Gasteiger partial charge in [0.05, 0.1) is 5.41 Å². The van der Waals surface area contributed by atoms with Crippen molar-refractivity contribution in [2.45, 2.75) is 18.4 Å². The number of aliphatic hydroxyl groups is 1. The van der Waals surface area contributed by atoms with Crippen LogP contribution in [0.5, 0.6) is 0 Å². The van der Waals surface area contributed by atoms with Crippen molar-refractivity contribution in [2.24, 2.45) is 5.92 Å². The van der Waals surface area contributed by atoms with Crippen LogP contribution in [-0.4, -0.2) is 29.6 Å². The number of hydrogen-bond donors (Lipinski definition) is 1. The predicted octanol–water partition coefficient (Wildman–Crippen LogP) is 3.25. The van der Waals surface area contributed by atoms with E-state index in [4.69, 9.17) is 11.6 Å². The fourth-order valence-corrected chi connectivity index (χ4v) is 3.43. The quantitative estimate of drug-likeness (QED) is 0.914. The minimum absolute atomic E-state index is 0.0191. The highest BCUT2D eigenvalue weighted by atomic mass is 35.5. The van der Waals surface area contributed by atoms with E-state index in [1.165, 1.54) is 0 Å². The summed E-state index contributed by atoms with van der Waals surface area (Å²) in [7, 11) is 1.82. The van der Waals surface area contributed by atoms with E-state index in [2.05, 4.69) is 0 Å². The molecule has 0 heterocycles. The van der Waals surface area contributed by atoms with E-state index < -0.39 is 5.41 Å². The van der Waals surface area contributed by atoms with Crippen molar-refractivity contribution in [3.05, 3.63) is 70.7 Å². The van der Waals surface area contributed by atoms with Gasteiger partial charge in [-0.2, -0.15) is 0 Å². The van der Waals surface area contributed by atoms with Gasteiger partial charge in [0, 0.05) is 31.1 Å². The van der Waals surface area contributed by atoms with Gasteiger partial charge >= 0.3 is 0 Å². The van der Waals surface area contributed by atoms with Crippen LogP contribution in [0.3, 0.4) is 0 Å². The van der Waals surface area contributed by atoms with Gasteiger partial charge in [0.2, 0.25) is 5.91 Å². The van der Waals surface area contributed by atoms with Gasteiger partial charge in [-0.3, -0.25) is 4.79 Å². The fraction of sp³-hybridized carbons (Fsp3) is 0.316. The Morgan fingerprint density at radius 1 is 1.22 bits per heavy atom. The number of halogens is 1. The molecule has 0 aliphatic heterocycles. The largest absolute Gasteiger partial charge is 0.396 e. The van der Waals surface area contributed by atoms with E-state index >= 15 is 0 Å². The maximum Gasteiger partial charge on any atom is 0.233 e. The second kappa shape index (κ2) is 6.34. The lowest BCUT2D eigenvalue weighted by Gasteiger charge is -2.25. The molecule has 1 N–H and O–H groups in total. The summed E-state index contributed by atoms with van der Waals surface area (Å²) in [4.78, 5) is 14.8. The molecule has 2 aromatic carbocycles. The summed E-state index contributed by atoms with van der Waals surface area (Å²) < 4.78 is 0. The van der Waals surface area contributed by atoms with Crippen LogP contribution >= 0.6 is 11.6 Å². The van der Waals surface area contributed by atoms with Crippen LogP contribution in [0.1, 0.15) is 17.5 Å².